The van der Waals surface area contributed by atoms with Crippen molar-refractivity contribution in [2.75, 3.05) is 40.5 Å². The topological polar surface area (TPSA) is 65.7 Å². The predicted octanol–water partition coefficient (Wildman–Crippen LogP) is 0.876. The van der Waals surface area contributed by atoms with Crippen molar-refractivity contribution < 1.29 is 14.6 Å². The number of methoxy groups -OCH3 is 1. The molecule has 0 saturated carbocycles. The molecule has 5 heteroatoms. The van der Waals surface area contributed by atoms with Crippen LogP contribution in [0.15, 0.2) is 24.3 Å². The Balaban J connectivity index is 2.37. The number of aliphatic hydroxyl groups excluding tert-OH is 1. The lowest BCUT2D eigenvalue weighted by Gasteiger charge is -2.20. The van der Waals surface area contributed by atoms with E-state index in [0.29, 0.717) is 24.5 Å². The first-order valence-electron chi connectivity index (χ1n) is 6.15. The van der Waals surface area contributed by atoms with Gasteiger partial charge in [0.25, 0.3) is 0 Å². The second-order valence-corrected chi connectivity index (χ2v) is 4.33. The van der Waals surface area contributed by atoms with Crippen molar-refractivity contribution in [1.29, 1.82) is 5.26 Å². The Morgan fingerprint density at radius 3 is 2.84 bits per heavy atom. The van der Waals surface area contributed by atoms with Crippen molar-refractivity contribution in [3.05, 3.63) is 29.8 Å². The molecule has 0 radical (unpaired) electrons. The van der Waals surface area contributed by atoms with Crippen LogP contribution in [0.4, 0.5) is 0 Å². The van der Waals surface area contributed by atoms with Gasteiger partial charge in [0.05, 0.1) is 12.2 Å². The molecular formula is C14H20N2O3. The number of hydrogen-bond donors (Lipinski definition) is 1. The van der Waals surface area contributed by atoms with Crippen LogP contribution >= 0.6 is 0 Å². The van der Waals surface area contributed by atoms with E-state index in [2.05, 4.69) is 6.07 Å². The largest absolute Gasteiger partial charge is 0.489 e. The highest BCUT2D eigenvalue weighted by Crippen LogP contribution is 2.16. The number of rotatable bonds is 8. The molecule has 0 fully saturated rings. The minimum atomic E-state index is -0.603. The molecule has 0 bridgehead atoms. The lowest BCUT2D eigenvalue weighted by molar-refractivity contribution is 0.0667. The standard InChI is InChI=1S/C14H20N2O3/c1-16(7-8-18-2)10-13(17)11-19-14-6-4-3-5-12(14)9-15/h3-6,13,17H,7-8,10-11H2,1-2H3. The van der Waals surface area contributed by atoms with Crippen LogP contribution in [-0.2, 0) is 4.74 Å². The van der Waals surface area contributed by atoms with Crippen LogP contribution in [0.1, 0.15) is 5.56 Å². The molecule has 0 aliphatic heterocycles. The third-order valence-corrected chi connectivity index (χ3v) is 2.64. The van der Waals surface area contributed by atoms with Gasteiger partial charge in [-0.3, -0.25) is 0 Å². The molecule has 1 aromatic carbocycles. The van der Waals surface area contributed by atoms with E-state index >= 15 is 0 Å². The number of hydrogen-bond acceptors (Lipinski definition) is 5. The highest BCUT2D eigenvalue weighted by molar-refractivity contribution is 5.42. The van der Waals surface area contributed by atoms with Gasteiger partial charge in [0.1, 0.15) is 24.5 Å². The van der Waals surface area contributed by atoms with Crippen LogP contribution in [0.25, 0.3) is 0 Å². The van der Waals surface area contributed by atoms with E-state index in [1.807, 2.05) is 11.9 Å². The molecule has 0 aliphatic rings. The first-order chi connectivity index (χ1) is 9.17. The van der Waals surface area contributed by atoms with Gasteiger partial charge < -0.3 is 19.5 Å². The molecule has 1 atom stereocenters. The molecule has 0 spiro atoms. The summed E-state index contributed by atoms with van der Waals surface area (Å²) >= 11 is 0. The van der Waals surface area contributed by atoms with Crippen molar-refractivity contribution >= 4 is 0 Å². The molecule has 5 nitrogen and oxygen atoms in total. The monoisotopic (exact) mass is 264 g/mol. The Labute approximate surface area is 114 Å². The fraction of sp³-hybridized carbons (Fsp3) is 0.500. The number of para-hydroxylation sites is 1. The summed E-state index contributed by atoms with van der Waals surface area (Å²) in [6.07, 6.45) is -0.603. The van der Waals surface area contributed by atoms with Crippen LogP contribution in [0, 0.1) is 11.3 Å². The van der Waals surface area contributed by atoms with Crippen LogP contribution in [-0.4, -0.2) is 56.6 Å². The second kappa shape index (κ2) is 8.48. The van der Waals surface area contributed by atoms with Crippen molar-refractivity contribution in [3.63, 3.8) is 0 Å². The fourth-order valence-corrected chi connectivity index (χ4v) is 1.62. The molecule has 1 N–H and O–H groups in total. The molecule has 0 saturated heterocycles. The van der Waals surface area contributed by atoms with Gasteiger partial charge in [0.15, 0.2) is 0 Å². The number of nitriles is 1. The number of nitrogens with zero attached hydrogens (tertiary/aromatic N) is 2. The average Bonchev–Trinajstić information content (AvgIpc) is 2.43. The Bertz CT molecular complexity index is 417. The number of ether oxygens (including phenoxy) is 2. The van der Waals surface area contributed by atoms with E-state index in [9.17, 15) is 5.11 Å². The normalized spacial score (nSPS) is 12.2. The van der Waals surface area contributed by atoms with Crippen LogP contribution < -0.4 is 4.74 Å². The third kappa shape index (κ3) is 5.71. The van der Waals surface area contributed by atoms with Crippen LogP contribution in [0.3, 0.4) is 0 Å². The maximum atomic E-state index is 9.85. The zero-order chi connectivity index (χ0) is 14.1. The Morgan fingerprint density at radius 2 is 2.16 bits per heavy atom. The number of aliphatic hydroxyl groups is 1. The zero-order valence-electron chi connectivity index (χ0n) is 11.4. The fourth-order valence-electron chi connectivity index (χ4n) is 1.62. The van der Waals surface area contributed by atoms with Crippen molar-refractivity contribution in [2.45, 2.75) is 6.10 Å². The van der Waals surface area contributed by atoms with E-state index in [-0.39, 0.29) is 6.61 Å². The van der Waals surface area contributed by atoms with Crippen molar-refractivity contribution in [3.8, 4) is 11.8 Å². The lowest BCUT2D eigenvalue weighted by Crippen LogP contribution is -2.34. The molecule has 0 heterocycles. The molecule has 1 unspecified atom stereocenters. The minimum absolute atomic E-state index is 0.163. The molecular weight excluding hydrogens is 244 g/mol. The number of benzene rings is 1. The van der Waals surface area contributed by atoms with Crippen molar-refractivity contribution in [1.82, 2.24) is 4.90 Å². The summed E-state index contributed by atoms with van der Waals surface area (Å²) in [5, 5.41) is 18.8. The second-order valence-electron chi connectivity index (χ2n) is 4.33. The highest BCUT2D eigenvalue weighted by Gasteiger charge is 2.10. The summed E-state index contributed by atoms with van der Waals surface area (Å²) in [7, 11) is 3.55. The molecule has 19 heavy (non-hydrogen) atoms. The molecule has 1 aromatic rings. The van der Waals surface area contributed by atoms with Gasteiger partial charge in [0, 0.05) is 20.2 Å². The summed E-state index contributed by atoms with van der Waals surface area (Å²) in [5.41, 5.74) is 0.474. The summed E-state index contributed by atoms with van der Waals surface area (Å²) in [5.74, 6) is 0.503. The van der Waals surface area contributed by atoms with E-state index in [4.69, 9.17) is 14.7 Å². The molecule has 1 rings (SSSR count). The summed E-state index contributed by atoms with van der Waals surface area (Å²) in [6, 6.07) is 9.04. The Kier molecular flexibility index (Phi) is 6.90. The Morgan fingerprint density at radius 1 is 1.42 bits per heavy atom. The van der Waals surface area contributed by atoms with Gasteiger partial charge in [-0.25, -0.2) is 0 Å². The molecule has 0 aliphatic carbocycles. The van der Waals surface area contributed by atoms with Crippen LogP contribution in [0.2, 0.25) is 0 Å². The third-order valence-electron chi connectivity index (χ3n) is 2.64. The first-order valence-corrected chi connectivity index (χ1v) is 6.15. The van der Waals surface area contributed by atoms with Gasteiger partial charge in [-0.05, 0) is 19.2 Å². The first kappa shape index (κ1) is 15.4. The van der Waals surface area contributed by atoms with Gasteiger partial charge in [-0.15, -0.1) is 0 Å². The van der Waals surface area contributed by atoms with Gasteiger partial charge >= 0.3 is 0 Å². The zero-order valence-corrected chi connectivity index (χ0v) is 11.4. The maximum absolute atomic E-state index is 9.85. The molecule has 104 valence electrons. The van der Waals surface area contributed by atoms with E-state index in [1.165, 1.54) is 0 Å². The van der Waals surface area contributed by atoms with Crippen molar-refractivity contribution in [2.24, 2.45) is 0 Å². The SMILES string of the molecule is COCCN(C)CC(O)COc1ccccc1C#N. The van der Waals surface area contributed by atoms with E-state index in [0.717, 1.165) is 6.54 Å². The smallest absolute Gasteiger partial charge is 0.137 e. The van der Waals surface area contributed by atoms with E-state index in [1.54, 1.807) is 31.4 Å². The maximum Gasteiger partial charge on any atom is 0.137 e. The average molecular weight is 264 g/mol. The number of likely N-dealkylation sites (N-methyl/N-ethyl adjacent to an activating group) is 1. The summed E-state index contributed by atoms with van der Waals surface area (Å²) < 4.78 is 10.4. The highest BCUT2D eigenvalue weighted by atomic mass is 16.5. The molecule has 0 aromatic heterocycles. The summed E-state index contributed by atoms with van der Waals surface area (Å²) in [4.78, 5) is 1.97. The predicted molar refractivity (Wildman–Crippen MR) is 72.0 cm³/mol. The quantitative estimate of drug-likeness (QED) is 0.755. The molecule has 0 amide bonds. The minimum Gasteiger partial charge on any atom is -0.489 e. The lowest BCUT2D eigenvalue weighted by atomic mass is 10.2. The van der Waals surface area contributed by atoms with Crippen LogP contribution in [0.5, 0.6) is 5.75 Å². The van der Waals surface area contributed by atoms with E-state index < -0.39 is 6.10 Å². The van der Waals surface area contributed by atoms with Gasteiger partial charge in [-0.1, -0.05) is 12.1 Å². The van der Waals surface area contributed by atoms with Gasteiger partial charge in [-0.2, -0.15) is 5.26 Å². The van der Waals surface area contributed by atoms with Gasteiger partial charge in [0.2, 0.25) is 0 Å². The Hall–Kier alpha value is -1.61. The summed E-state index contributed by atoms with van der Waals surface area (Å²) in [6.45, 7) is 2.04.